The maximum atomic E-state index is 12.2. The number of anilines is 1. The predicted octanol–water partition coefficient (Wildman–Crippen LogP) is 1.93. The van der Waals surface area contributed by atoms with Gasteiger partial charge in [-0.2, -0.15) is 0 Å². The van der Waals surface area contributed by atoms with Crippen LogP contribution in [0, 0.1) is 0 Å². The van der Waals surface area contributed by atoms with Gasteiger partial charge in [0, 0.05) is 29.8 Å². The van der Waals surface area contributed by atoms with Crippen molar-refractivity contribution in [1.82, 2.24) is 15.1 Å². The van der Waals surface area contributed by atoms with E-state index in [0.29, 0.717) is 23.8 Å². The summed E-state index contributed by atoms with van der Waals surface area (Å²) in [5.74, 6) is -0.418. The number of nitrogens with zero attached hydrogens (tertiary/aromatic N) is 2. The lowest BCUT2D eigenvalue weighted by Gasteiger charge is -2.34. The van der Waals surface area contributed by atoms with Gasteiger partial charge in [-0.3, -0.25) is 9.59 Å². The minimum atomic E-state index is -0.348. The Morgan fingerprint density at radius 1 is 1.24 bits per heavy atom. The Hall–Kier alpha value is -2.28. The van der Waals surface area contributed by atoms with Crippen molar-refractivity contribution in [2.75, 3.05) is 31.5 Å². The summed E-state index contributed by atoms with van der Waals surface area (Å²) in [5.41, 5.74) is 0.609. The number of piperazine rings is 1. The standard InChI is InChI=1S/C17H23ClN4O3/c1-3-12(2)19-15(23)10-21-8-9-22(11-16(21)24)17(25)20-14-6-4-13(18)5-7-14/h4-7,12H,3,8-11H2,1-2H3,(H,19,23)(H,20,25)/t12-/m1/s1. The van der Waals surface area contributed by atoms with E-state index in [4.69, 9.17) is 11.6 Å². The van der Waals surface area contributed by atoms with Crippen LogP contribution in [0.25, 0.3) is 0 Å². The first kappa shape index (κ1) is 19.1. The quantitative estimate of drug-likeness (QED) is 0.835. The van der Waals surface area contributed by atoms with Gasteiger partial charge in [0.1, 0.15) is 6.54 Å². The maximum absolute atomic E-state index is 12.2. The third kappa shape index (κ3) is 5.63. The maximum Gasteiger partial charge on any atom is 0.322 e. The number of hydrogen-bond acceptors (Lipinski definition) is 3. The lowest BCUT2D eigenvalue weighted by molar-refractivity contribution is -0.139. The molecule has 1 aliphatic heterocycles. The number of urea groups is 1. The van der Waals surface area contributed by atoms with Crippen molar-refractivity contribution >= 4 is 35.1 Å². The minimum Gasteiger partial charge on any atom is -0.352 e. The van der Waals surface area contributed by atoms with Gasteiger partial charge in [0.05, 0.1) is 6.54 Å². The average Bonchev–Trinajstić information content (AvgIpc) is 2.58. The summed E-state index contributed by atoms with van der Waals surface area (Å²) in [6.07, 6.45) is 0.832. The normalized spacial score (nSPS) is 15.7. The van der Waals surface area contributed by atoms with Gasteiger partial charge in [0.15, 0.2) is 0 Å². The summed E-state index contributed by atoms with van der Waals surface area (Å²) in [5, 5.41) is 6.14. The van der Waals surface area contributed by atoms with Crippen LogP contribution >= 0.6 is 11.6 Å². The largest absolute Gasteiger partial charge is 0.352 e. The second-order valence-electron chi connectivity index (χ2n) is 6.05. The van der Waals surface area contributed by atoms with Crippen LogP contribution < -0.4 is 10.6 Å². The van der Waals surface area contributed by atoms with Crippen LogP contribution in [0.15, 0.2) is 24.3 Å². The van der Waals surface area contributed by atoms with E-state index in [9.17, 15) is 14.4 Å². The highest BCUT2D eigenvalue weighted by molar-refractivity contribution is 6.30. The Morgan fingerprint density at radius 3 is 2.52 bits per heavy atom. The molecule has 1 aromatic rings. The van der Waals surface area contributed by atoms with Crippen LogP contribution in [0.1, 0.15) is 20.3 Å². The fourth-order valence-electron chi connectivity index (χ4n) is 2.38. The molecule has 0 saturated carbocycles. The lowest BCUT2D eigenvalue weighted by Crippen LogP contribution is -2.55. The number of halogens is 1. The van der Waals surface area contributed by atoms with Crippen molar-refractivity contribution in [2.45, 2.75) is 26.3 Å². The molecule has 1 aromatic carbocycles. The molecule has 8 heteroatoms. The van der Waals surface area contributed by atoms with Crippen LogP contribution in [0.4, 0.5) is 10.5 Å². The van der Waals surface area contributed by atoms with Crippen LogP contribution in [0.3, 0.4) is 0 Å². The van der Waals surface area contributed by atoms with Crippen molar-refractivity contribution < 1.29 is 14.4 Å². The summed E-state index contributed by atoms with van der Waals surface area (Å²) in [7, 11) is 0. The fourth-order valence-corrected chi connectivity index (χ4v) is 2.51. The summed E-state index contributed by atoms with van der Waals surface area (Å²) < 4.78 is 0. The van der Waals surface area contributed by atoms with Crippen LogP contribution in [0.2, 0.25) is 5.02 Å². The van der Waals surface area contributed by atoms with Crippen LogP contribution in [-0.2, 0) is 9.59 Å². The molecular weight excluding hydrogens is 344 g/mol. The van der Waals surface area contributed by atoms with Crippen molar-refractivity contribution in [3.05, 3.63) is 29.3 Å². The first-order valence-corrected chi connectivity index (χ1v) is 8.65. The summed E-state index contributed by atoms with van der Waals surface area (Å²) in [6.45, 7) is 4.58. The highest BCUT2D eigenvalue weighted by atomic mass is 35.5. The highest BCUT2D eigenvalue weighted by Gasteiger charge is 2.28. The molecule has 25 heavy (non-hydrogen) atoms. The predicted molar refractivity (Wildman–Crippen MR) is 96.5 cm³/mol. The van der Waals surface area contributed by atoms with E-state index in [1.807, 2.05) is 13.8 Å². The van der Waals surface area contributed by atoms with Crippen LogP contribution in [-0.4, -0.2) is 59.9 Å². The highest BCUT2D eigenvalue weighted by Crippen LogP contribution is 2.14. The van der Waals surface area contributed by atoms with Gasteiger partial charge in [0.25, 0.3) is 0 Å². The molecule has 136 valence electrons. The Labute approximate surface area is 152 Å². The Kier molecular flexibility index (Phi) is 6.64. The lowest BCUT2D eigenvalue weighted by atomic mass is 10.2. The number of nitrogens with one attached hydrogen (secondary N) is 2. The molecule has 1 aliphatic rings. The van der Waals surface area contributed by atoms with E-state index in [1.54, 1.807) is 24.3 Å². The minimum absolute atomic E-state index is 0.0236. The molecule has 2 N–H and O–H groups in total. The molecule has 1 saturated heterocycles. The van der Waals surface area contributed by atoms with E-state index >= 15 is 0 Å². The molecule has 0 spiro atoms. The van der Waals surface area contributed by atoms with Gasteiger partial charge in [-0.15, -0.1) is 0 Å². The third-order valence-electron chi connectivity index (χ3n) is 4.06. The topological polar surface area (TPSA) is 81.8 Å². The molecule has 2 rings (SSSR count). The zero-order valence-corrected chi connectivity index (χ0v) is 15.2. The van der Waals surface area contributed by atoms with Crippen molar-refractivity contribution in [1.29, 1.82) is 0 Å². The number of rotatable bonds is 5. The molecule has 1 heterocycles. The molecule has 1 atom stereocenters. The Balaban J connectivity index is 1.84. The molecule has 4 amide bonds. The van der Waals surface area contributed by atoms with Crippen molar-refractivity contribution in [2.24, 2.45) is 0 Å². The summed E-state index contributed by atoms with van der Waals surface area (Å²) >= 11 is 5.81. The number of benzene rings is 1. The number of carbonyl (C=O) groups excluding carboxylic acids is 3. The van der Waals surface area contributed by atoms with Gasteiger partial charge in [-0.1, -0.05) is 18.5 Å². The summed E-state index contributed by atoms with van der Waals surface area (Å²) in [4.78, 5) is 39.3. The van der Waals surface area contributed by atoms with Gasteiger partial charge >= 0.3 is 6.03 Å². The van der Waals surface area contributed by atoms with Crippen molar-refractivity contribution in [3.8, 4) is 0 Å². The second kappa shape index (κ2) is 8.71. The molecular formula is C17H23ClN4O3. The number of hydrogen-bond donors (Lipinski definition) is 2. The zero-order valence-electron chi connectivity index (χ0n) is 14.4. The molecule has 7 nitrogen and oxygen atoms in total. The number of amides is 4. The summed E-state index contributed by atoms with van der Waals surface area (Å²) in [6, 6.07) is 6.47. The first-order chi connectivity index (χ1) is 11.9. The van der Waals surface area contributed by atoms with Gasteiger partial charge in [-0.25, -0.2) is 4.79 Å². The van der Waals surface area contributed by atoms with E-state index in [-0.39, 0.29) is 37.0 Å². The molecule has 0 unspecified atom stereocenters. The molecule has 0 radical (unpaired) electrons. The van der Waals surface area contributed by atoms with Gasteiger partial charge in [0.2, 0.25) is 11.8 Å². The Bertz CT molecular complexity index is 635. The van der Waals surface area contributed by atoms with Crippen LogP contribution in [0.5, 0.6) is 0 Å². The molecule has 0 aromatic heterocycles. The number of carbonyl (C=O) groups is 3. The second-order valence-corrected chi connectivity index (χ2v) is 6.49. The Morgan fingerprint density at radius 2 is 1.92 bits per heavy atom. The smallest absolute Gasteiger partial charge is 0.322 e. The molecule has 0 bridgehead atoms. The molecule has 1 fully saturated rings. The van der Waals surface area contributed by atoms with Crippen molar-refractivity contribution in [3.63, 3.8) is 0 Å². The first-order valence-electron chi connectivity index (χ1n) is 8.27. The van der Waals surface area contributed by atoms with Gasteiger partial charge in [-0.05, 0) is 37.6 Å². The van der Waals surface area contributed by atoms with Gasteiger partial charge < -0.3 is 20.4 Å². The SMILES string of the molecule is CC[C@@H](C)NC(=O)CN1CCN(C(=O)Nc2ccc(Cl)cc2)CC1=O. The monoisotopic (exact) mass is 366 g/mol. The zero-order chi connectivity index (χ0) is 18.4. The van der Waals surface area contributed by atoms with E-state index in [1.165, 1.54) is 9.80 Å². The van der Waals surface area contributed by atoms with E-state index in [0.717, 1.165) is 6.42 Å². The molecule has 0 aliphatic carbocycles. The van der Waals surface area contributed by atoms with E-state index < -0.39 is 0 Å². The van der Waals surface area contributed by atoms with E-state index in [2.05, 4.69) is 10.6 Å². The average molecular weight is 367 g/mol. The third-order valence-corrected chi connectivity index (χ3v) is 4.31. The fraction of sp³-hybridized carbons (Fsp3) is 0.471.